The molecule has 75 heavy (non-hydrogen) atoms. The Kier molecular flexibility index (Phi) is 23.1. The predicted octanol–water partition coefficient (Wildman–Crippen LogP) is 8.10. The molecule has 0 saturated carbocycles. The number of ether oxygens (including phenoxy) is 6. The number of carbonyl (C=O) groups is 8. The van der Waals surface area contributed by atoms with Crippen molar-refractivity contribution in [3.8, 4) is 22.3 Å². The van der Waals surface area contributed by atoms with E-state index in [2.05, 4.69) is 16.4 Å². The molecule has 0 spiro atoms. The van der Waals surface area contributed by atoms with Gasteiger partial charge in [-0.05, 0) is 91.4 Å². The molecule has 0 radical (unpaired) electrons. The minimum absolute atomic E-state index is 0.00424. The summed E-state index contributed by atoms with van der Waals surface area (Å²) >= 11 is 1.45. The first kappa shape index (κ1) is 59.1. The lowest BCUT2D eigenvalue weighted by molar-refractivity contribution is -0.177. The van der Waals surface area contributed by atoms with E-state index in [1.807, 2.05) is 72.8 Å². The summed E-state index contributed by atoms with van der Waals surface area (Å²) in [5, 5.41) is 6.17. The van der Waals surface area contributed by atoms with Crippen LogP contribution in [-0.2, 0) is 66.8 Å². The monoisotopic (exact) mass is 1150 g/mol. The number of fused-ring (bicyclic) bond motifs is 6. The molecule has 1 aliphatic heterocycles. The van der Waals surface area contributed by atoms with Gasteiger partial charge in [0.25, 0.3) is 11.8 Å². The largest absolute Gasteiger partial charge is 0.533 e. The molecular weight excluding hydrogens is 1090 g/mol. The first-order valence-electron chi connectivity index (χ1n) is 24.2. The third kappa shape index (κ3) is 17.4. The first-order valence-corrected chi connectivity index (χ1v) is 25.4. The Labute approximate surface area is 447 Å². The minimum Gasteiger partial charge on any atom is -0.466 e. The van der Waals surface area contributed by atoms with Gasteiger partial charge < -0.3 is 39.1 Å². The van der Waals surface area contributed by atoms with Crippen LogP contribution in [0, 0.1) is 11.8 Å². The van der Waals surface area contributed by atoms with Crippen LogP contribution >= 0.6 is 22.6 Å². The predicted molar refractivity (Wildman–Crippen MR) is 280 cm³/mol. The quantitative estimate of drug-likeness (QED) is 0.0135. The maximum atomic E-state index is 12.8. The van der Waals surface area contributed by atoms with Crippen molar-refractivity contribution in [1.29, 1.82) is 0 Å². The van der Waals surface area contributed by atoms with Gasteiger partial charge in [0.05, 0.1) is 26.1 Å². The van der Waals surface area contributed by atoms with E-state index in [9.17, 15) is 42.7 Å². The summed E-state index contributed by atoms with van der Waals surface area (Å²) in [6, 6.07) is 26.8. The number of esters is 3. The summed E-state index contributed by atoms with van der Waals surface area (Å²) in [6.45, 7) is 6.36. The smallest absolute Gasteiger partial charge is 0.466 e. The van der Waals surface area contributed by atoms with Gasteiger partial charge in [-0.3, -0.25) is 44.1 Å². The Balaban J connectivity index is 0.000000263. The number of nitrogens with two attached hydrogens (primary N) is 1. The third-order valence-corrected chi connectivity index (χ3v) is 12.0. The molecule has 1 heterocycles. The van der Waals surface area contributed by atoms with Crippen LogP contribution in [0.5, 0.6) is 0 Å². The van der Waals surface area contributed by atoms with Crippen LogP contribution in [0.3, 0.4) is 0 Å². The van der Waals surface area contributed by atoms with Gasteiger partial charge in [-0.15, -0.1) is 0 Å². The van der Waals surface area contributed by atoms with Crippen molar-refractivity contribution >= 4 is 81.7 Å². The lowest BCUT2D eigenvalue weighted by Gasteiger charge is -2.17. The number of nitrogens with zero attached hydrogens (tertiary/aromatic N) is 1. The average Bonchev–Trinajstić information content (AvgIpc) is 3.99. The number of carbonyl (C=O) groups excluding carboxylic acids is 8. The second kappa shape index (κ2) is 29.3. The van der Waals surface area contributed by atoms with Crippen LogP contribution in [-0.4, -0.2) is 111 Å². The van der Waals surface area contributed by atoms with E-state index in [0.717, 1.165) is 44.5 Å². The number of halogens is 2. The van der Waals surface area contributed by atoms with E-state index in [0.29, 0.717) is 42.5 Å². The van der Waals surface area contributed by atoms with Gasteiger partial charge in [0, 0.05) is 95.1 Å². The number of hydrogen-bond acceptors (Lipinski definition) is 16. The summed E-state index contributed by atoms with van der Waals surface area (Å²) in [5.74, 6) is -4.60. The maximum Gasteiger partial charge on any atom is 0.533 e. The number of imide groups is 1. The van der Waals surface area contributed by atoms with E-state index in [4.69, 9.17) is 33.3 Å². The minimum atomic E-state index is -1.20. The molecule has 0 aromatic heterocycles. The van der Waals surface area contributed by atoms with Gasteiger partial charge >= 0.3 is 24.1 Å². The molecule has 4 aromatic rings. The molecule has 5 unspecified atom stereocenters. The average molecular weight is 1150 g/mol. The molecule has 19 nitrogen and oxygen atoms in total. The number of amides is 4. The number of alkyl halides is 2. The van der Waals surface area contributed by atoms with Crippen LogP contribution in [0.25, 0.3) is 22.3 Å². The van der Waals surface area contributed by atoms with Crippen molar-refractivity contribution in [2.75, 3.05) is 64.5 Å². The second-order valence-electron chi connectivity index (χ2n) is 17.6. The van der Waals surface area contributed by atoms with Gasteiger partial charge in [-0.2, -0.15) is 0 Å². The molecule has 4 N–H and O–H groups in total. The van der Waals surface area contributed by atoms with Crippen molar-refractivity contribution in [1.82, 2.24) is 5.06 Å². The molecule has 4 amide bonds. The molecule has 5 atom stereocenters. The zero-order valence-electron chi connectivity index (χ0n) is 42.4. The normalized spacial score (nSPS) is 15.7. The van der Waals surface area contributed by atoms with E-state index >= 15 is 0 Å². The number of rotatable bonds is 21. The molecule has 3 aliphatic rings. The summed E-state index contributed by atoms with van der Waals surface area (Å²) < 4.78 is 40.3. The van der Waals surface area contributed by atoms with E-state index < -0.39 is 46.0 Å². The van der Waals surface area contributed by atoms with Gasteiger partial charge in [-0.1, -0.05) is 79.6 Å². The van der Waals surface area contributed by atoms with Gasteiger partial charge in [0.1, 0.15) is 13.2 Å². The Morgan fingerprint density at radius 3 is 1.44 bits per heavy atom. The Bertz CT molecular complexity index is 2670. The lowest BCUT2D eigenvalue weighted by atomic mass is 9.97. The van der Waals surface area contributed by atoms with Crippen LogP contribution in [0.4, 0.5) is 20.6 Å². The lowest BCUT2D eigenvalue weighted by Crippen LogP contribution is -2.32. The maximum absolute atomic E-state index is 12.8. The van der Waals surface area contributed by atoms with Gasteiger partial charge in [0.15, 0.2) is 4.30 Å². The number of hydrogen-bond donors (Lipinski definition) is 3. The van der Waals surface area contributed by atoms with Crippen LogP contribution in [0.15, 0.2) is 84.9 Å². The summed E-state index contributed by atoms with van der Waals surface area (Å²) in [6.07, 6.45) is -0.0418. The molecule has 1 fully saturated rings. The van der Waals surface area contributed by atoms with Crippen molar-refractivity contribution < 1.29 is 76.0 Å². The van der Waals surface area contributed by atoms with Crippen molar-refractivity contribution in [3.05, 3.63) is 107 Å². The summed E-state index contributed by atoms with van der Waals surface area (Å²) in [4.78, 5) is 101. The van der Waals surface area contributed by atoms with E-state index in [1.54, 1.807) is 40.2 Å². The molecule has 0 bridgehead atoms. The molecule has 1 saturated heterocycles. The van der Waals surface area contributed by atoms with Crippen LogP contribution in [0.2, 0.25) is 0 Å². The Morgan fingerprint density at radius 1 is 0.627 bits per heavy atom. The summed E-state index contributed by atoms with van der Waals surface area (Å²) in [5.41, 5.74) is 13.5. The zero-order valence-corrected chi connectivity index (χ0v) is 44.5. The number of anilines is 2. The fraction of sp³-hybridized carbons (Fsp3) is 0.407. The van der Waals surface area contributed by atoms with Crippen molar-refractivity contribution in [3.63, 3.8) is 0 Å². The highest BCUT2D eigenvalue weighted by molar-refractivity contribution is 14.1. The highest BCUT2D eigenvalue weighted by Crippen LogP contribution is 2.47. The Morgan fingerprint density at radius 2 is 1.03 bits per heavy atom. The number of methoxy groups -OCH3 is 2. The van der Waals surface area contributed by atoms with Crippen molar-refractivity contribution in [2.45, 2.75) is 75.4 Å². The van der Waals surface area contributed by atoms with Gasteiger partial charge in [0.2, 0.25) is 11.8 Å². The number of benzene rings is 4. The van der Waals surface area contributed by atoms with E-state index in [-0.39, 0.29) is 81.7 Å². The molecular formula is C54H62FIN4O15. The standard InChI is InChI=1S/C28H30N2O9.C25H29NO6.CH3FIN/c1-17(14-26(33)37-13-5-12-36-2)27(34)29-18-8-9-21-19-6-3-4-7-20(19)23(22(21)15-18)16-38-28(35)39-30-24(31)10-11-25(30)32;1-16(13-24(28)31-12-6-11-30-3)25(29)26-18-9-10-21-19-7-4-5-8-20(19)23(22(21)14-18)15-32-17(2)27;2-1(3)4/h3-4,6-9,15,17,23H,5,10-14,16H2,1-2H3,(H,29,34);4-5,7-10,14,16,23H,6,11-13,15H2,1-3H3,(H,26,29);1H,4H2. The fourth-order valence-electron chi connectivity index (χ4n) is 8.36. The first-order chi connectivity index (χ1) is 35.9. The highest BCUT2D eigenvalue weighted by atomic mass is 127. The third-order valence-electron chi connectivity index (χ3n) is 12.0. The van der Waals surface area contributed by atoms with Crippen LogP contribution in [0.1, 0.15) is 93.4 Å². The number of nitrogens with one attached hydrogen (secondary N) is 2. The second-order valence-corrected chi connectivity index (χ2v) is 18.8. The highest BCUT2D eigenvalue weighted by Gasteiger charge is 2.35. The number of hydroxylamine groups is 2. The van der Waals surface area contributed by atoms with Crippen LogP contribution < -0.4 is 16.4 Å². The molecule has 4 aromatic carbocycles. The molecule has 7 rings (SSSR count). The van der Waals surface area contributed by atoms with Crippen molar-refractivity contribution in [2.24, 2.45) is 17.6 Å². The summed E-state index contributed by atoms with van der Waals surface area (Å²) in [7, 11) is 3.15. The molecule has 21 heteroatoms. The Hall–Kier alpha value is -6.82. The van der Waals surface area contributed by atoms with Gasteiger partial charge in [-0.25, -0.2) is 9.18 Å². The van der Waals surface area contributed by atoms with E-state index in [1.165, 1.54) is 29.5 Å². The fourth-order valence-corrected chi connectivity index (χ4v) is 8.36. The topological polar surface area (TPSA) is 254 Å². The zero-order chi connectivity index (χ0) is 54.6. The SMILES string of the molecule is COCCCOC(=O)CC(C)C(=O)Nc1ccc2c(c1)C(COC(=O)ON1C(=O)CCC1=O)c1ccccc1-2.COCCCOC(=O)CC(C)C(=O)Nc1ccc2c(c1)C(COC(C)=O)c1ccccc1-2.NC(F)I. The molecule has 402 valence electrons. The molecule has 2 aliphatic carbocycles.